The fourth-order valence-electron chi connectivity index (χ4n) is 4.37. The molecule has 0 spiro atoms. The first-order valence-electron chi connectivity index (χ1n) is 11.8. The predicted octanol–water partition coefficient (Wildman–Crippen LogP) is 5.37. The molecule has 0 saturated carbocycles. The minimum Gasteiger partial charge on any atom is -0.490 e. The van der Waals surface area contributed by atoms with Crippen molar-refractivity contribution < 1.29 is 13.9 Å². The van der Waals surface area contributed by atoms with Crippen LogP contribution in [0.3, 0.4) is 0 Å². The molecule has 5 nitrogen and oxygen atoms in total. The first-order chi connectivity index (χ1) is 16.0. The maximum Gasteiger partial charge on any atom is 0.225 e. The molecule has 174 valence electrons. The molecule has 1 aromatic heterocycles. The highest BCUT2D eigenvalue weighted by Gasteiger charge is 2.26. The number of likely N-dealkylation sites (tertiary alicyclic amines) is 1. The van der Waals surface area contributed by atoms with E-state index in [0.29, 0.717) is 24.9 Å². The van der Waals surface area contributed by atoms with Crippen LogP contribution in [-0.4, -0.2) is 40.1 Å². The molecule has 2 heterocycles. The van der Waals surface area contributed by atoms with Gasteiger partial charge in [0.2, 0.25) is 5.91 Å². The molecule has 0 unspecified atom stereocenters. The van der Waals surface area contributed by atoms with E-state index in [-0.39, 0.29) is 24.7 Å². The zero-order chi connectivity index (χ0) is 23.2. The highest BCUT2D eigenvalue weighted by molar-refractivity contribution is 5.76. The van der Waals surface area contributed by atoms with E-state index in [0.717, 1.165) is 25.2 Å². The molecule has 6 heteroatoms. The molecule has 3 aromatic rings. The highest BCUT2D eigenvalue weighted by Crippen LogP contribution is 2.28. The Hall–Kier alpha value is -3.15. The van der Waals surface area contributed by atoms with Crippen molar-refractivity contribution in [3.8, 4) is 5.75 Å². The van der Waals surface area contributed by atoms with Crippen molar-refractivity contribution in [1.82, 2.24) is 14.5 Å². The second kappa shape index (κ2) is 10.6. The third-order valence-electron chi connectivity index (χ3n) is 6.37. The van der Waals surface area contributed by atoms with Gasteiger partial charge in [0.15, 0.2) is 11.6 Å². The van der Waals surface area contributed by atoms with Gasteiger partial charge in [0.25, 0.3) is 0 Å². The van der Waals surface area contributed by atoms with Gasteiger partial charge < -0.3 is 14.2 Å². The standard InChI is InChI=1S/C27H32FN3O2/c1-20(2)22-9-7-21(8-10-22)19-31-17-14-29-27(31)23-11-15-30(16-12-23)26(32)13-18-33-25-6-4-3-5-24(25)28/h3-10,14,17,20,23H,11-13,15-16,18-19H2,1-2H3. The van der Waals surface area contributed by atoms with E-state index in [1.807, 2.05) is 17.3 Å². The molecule has 1 aliphatic rings. The van der Waals surface area contributed by atoms with Crippen molar-refractivity contribution in [1.29, 1.82) is 0 Å². The molecule has 0 N–H and O–H groups in total. The Labute approximate surface area is 195 Å². The first kappa shape index (κ1) is 23.0. The number of carbonyl (C=O) groups is 1. The van der Waals surface area contributed by atoms with Crippen molar-refractivity contribution in [2.24, 2.45) is 0 Å². The van der Waals surface area contributed by atoms with Crippen LogP contribution in [0.15, 0.2) is 60.9 Å². The number of rotatable bonds is 8. The van der Waals surface area contributed by atoms with E-state index >= 15 is 0 Å². The lowest BCUT2D eigenvalue weighted by molar-refractivity contribution is -0.132. The van der Waals surface area contributed by atoms with E-state index in [2.05, 4.69) is 47.7 Å². The number of aromatic nitrogens is 2. The highest BCUT2D eigenvalue weighted by atomic mass is 19.1. The van der Waals surface area contributed by atoms with Gasteiger partial charge in [-0.25, -0.2) is 9.37 Å². The molecule has 0 radical (unpaired) electrons. The van der Waals surface area contributed by atoms with Gasteiger partial charge in [-0.15, -0.1) is 0 Å². The summed E-state index contributed by atoms with van der Waals surface area (Å²) in [5.74, 6) is 1.80. The van der Waals surface area contributed by atoms with Gasteiger partial charge in [-0.3, -0.25) is 4.79 Å². The number of piperidine rings is 1. The lowest BCUT2D eigenvalue weighted by atomic mass is 9.95. The zero-order valence-corrected chi connectivity index (χ0v) is 19.4. The van der Waals surface area contributed by atoms with Crippen LogP contribution in [0.25, 0.3) is 0 Å². The fraction of sp³-hybridized carbons (Fsp3) is 0.407. The maximum atomic E-state index is 13.6. The van der Waals surface area contributed by atoms with Crippen molar-refractivity contribution in [3.63, 3.8) is 0 Å². The fourth-order valence-corrected chi connectivity index (χ4v) is 4.37. The van der Waals surface area contributed by atoms with Gasteiger partial charge in [0.05, 0.1) is 13.0 Å². The minimum absolute atomic E-state index is 0.0540. The van der Waals surface area contributed by atoms with E-state index in [9.17, 15) is 9.18 Å². The van der Waals surface area contributed by atoms with Crippen LogP contribution in [0.4, 0.5) is 4.39 Å². The summed E-state index contributed by atoms with van der Waals surface area (Å²) in [7, 11) is 0. The summed E-state index contributed by atoms with van der Waals surface area (Å²) in [5.41, 5.74) is 2.61. The summed E-state index contributed by atoms with van der Waals surface area (Å²) in [6.45, 7) is 6.81. The van der Waals surface area contributed by atoms with Gasteiger partial charge in [0.1, 0.15) is 5.82 Å². The van der Waals surface area contributed by atoms with E-state index in [4.69, 9.17) is 4.74 Å². The molecule has 0 atom stereocenters. The summed E-state index contributed by atoms with van der Waals surface area (Å²) in [6.07, 6.45) is 5.95. The molecule has 33 heavy (non-hydrogen) atoms. The van der Waals surface area contributed by atoms with E-state index < -0.39 is 5.82 Å². The summed E-state index contributed by atoms with van der Waals surface area (Å²) in [6, 6.07) is 15.1. The average Bonchev–Trinajstić information content (AvgIpc) is 3.29. The van der Waals surface area contributed by atoms with Gasteiger partial charge >= 0.3 is 0 Å². The number of nitrogens with zero attached hydrogens (tertiary/aromatic N) is 3. The van der Waals surface area contributed by atoms with Crippen LogP contribution < -0.4 is 4.74 Å². The number of imidazole rings is 1. The van der Waals surface area contributed by atoms with Crippen molar-refractivity contribution in [2.75, 3.05) is 19.7 Å². The van der Waals surface area contributed by atoms with Crippen molar-refractivity contribution in [2.45, 2.75) is 51.5 Å². The monoisotopic (exact) mass is 449 g/mol. The first-order valence-corrected chi connectivity index (χ1v) is 11.8. The smallest absolute Gasteiger partial charge is 0.225 e. The Bertz CT molecular complexity index is 1050. The molecule has 2 aromatic carbocycles. The molecule has 0 aliphatic carbocycles. The number of halogens is 1. The Balaban J connectivity index is 1.27. The van der Waals surface area contributed by atoms with Gasteiger partial charge in [0, 0.05) is 37.9 Å². The number of para-hydroxylation sites is 1. The van der Waals surface area contributed by atoms with Crippen LogP contribution in [0, 0.1) is 5.82 Å². The molecular formula is C27H32FN3O2. The number of hydrogen-bond acceptors (Lipinski definition) is 3. The Kier molecular flexibility index (Phi) is 7.43. The lowest BCUT2D eigenvalue weighted by Gasteiger charge is -2.32. The van der Waals surface area contributed by atoms with Crippen LogP contribution in [0.5, 0.6) is 5.75 Å². The number of carbonyl (C=O) groups excluding carboxylic acids is 1. The number of amides is 1. The topological polar surface area (TPSA) is 47.4 Å². The van der Waals surface area contributed by atoms with Crippen molar-refractivity contribution >= 4 is 5.91 Å². The summed E-state index contributed by atoms with van der Waals surface area (Å²) in [5, 5.41) is 0. The summed E-state index contributed by atoms with van der Waals surface area (Å²) in [4.78, 5) is 19.1. The Morgan fingerprint density at radius 1 is 1.12 bits per heavy atom. The van der Waals surface area contributed by atoms with Gasteiger partial charge in [-0.1, -0.05) is 50.2 Å². The zero-order valence-electron chi connectivity index (χ0n) is 19.4. The Morgan fingerprint density at radius 2 is 1.85 bits per heavy atom. The quantitative estimate of drug-likeness (QED) is 0.465. The third kappa shape index (κ3) is 5.81. The number of hydrogen-bond donors (Lipinski definition) is 0. The number of ether oxygens (including phenoxy) is 1. The summed E-state index contributed by atoms with van der Waals surface area (Å²) < 4.78 is 21.3. The Morgan fingerprint density at radius 3 is 2.55 bits per heavy atom. The predicted molar refractivity (Wildman–Crippen MR) is 127 cm³/mol. The van der Waals surface area contributed by atoms with Crippen LogP contribution in [-0.2, 0) is 11.3 Å². The SMILES string of the molecule is CC(C)c1ccc(Cn2ccnc2C2CCN(C(=O)CCOc3ccccc3F)CC2)cc1. The minimum atomic E-state index is -0.405. The van der Waals surface area contributed by atoms with Gasteiger partial charge in [-0.2, -0.15) is 0 Å². The largest absolute Gasteiger partial charge is 0.490 e. The summed E-state index contributed by atoms with van der Waals surface area (Å²) >= 11 is 0. The van der Waals surface area contributed by atoms with Crippen molar-refractivity contribution in [3.05, 3.63) is 83.7 Å². The molecule has 1 saturated heterocycles. The second-order valence-corrected chi connectivity index (χ2v) is 8.99. The molecule has 0 bridgehead atoms. The van der Waals surface area contributed by atoms with E-state index in [1.54, 1.807) is 18.2 Å². The van der Waals surface area contributed by atoms with Crippen LogP contribution in [0.2, 0.25) is 0 Å². The lowest BCUT2D eigenvalue weighted by Crippen LogP contribution is -2.39. The number of benzene rings is 2. The normalized spacial score (nSPS) is 14.6. The molecular weight excluding hydrogens is 417 g/mol. The molecule has 4 rings (SSSR count). The molecule has 1 amide bonds. The van der Waals surface area contributed by atoms with Crippen LogP contribution >= 0.6 is 0 Å². The van der Waals surface area contributed by atoms with Gasteiger partial charge in [-0.05, 0) is 42.0 Å². The average molecular weight is 450 g/mol. The second-order valence-electron chi connectivity index (χ2n) is 8.99. The van der Waals surface area contributed by atoms with E-state index in [1.165, 1.54) is 17.2 Å². The maximum absolute atomic E-state index is 13.6. The molecule has 1 fully saturated rings. The van der Waals surface area contributed by atoms with Crippen LogP contribution in [0.1, 0.15) is 61.9 Å². The molecule has 1 aliphatic heterocycles. The third-order valence-corrected chi connectivity index (χ3v) is 6.37.